The molecule has 1 saturated heterocycles. The van der Waals surface area contributed by atoms with Crippen LogP contribution >= 0.6 is 0 Å². The molecule has 1 aromatic carbocycles. The maximum atomic E-state index is 12.9. The molecule has 3 aromatic rings. The summed E-state index contributed by atoms with van der Waals surface area (Å²) in [5.74, 6) is 1.47. The summed E-state index contributed by atoms with van der Waals surface area (Å²) >= 11 is 0. The van der Waals surface area contributed by atoms with E-state index in [1.54, 1.807) is 29.2 Å². The summed E-state index contributed by atoms with van der Waals surface area (Å²) in [6, 6.07) is 8.19. The fourth-order valence-corrected chi connectivity index (χ4v) is 3.66. The number of amides is 1. The van der Waals surface area contributed by atoms with Crippen molar-refractivity contribution in [2.24, 2.45) is 0 Å². The van der Waals surface area contributed by atoms with Gasteiger partial charge in [-0.3, -0.25) is 9.59 Å². The van der Waals surface area contributed by atoms with E-state index in [0.29, 0.717) is 43.0 Å². The van der Waals surface area contributed by atoms with Crippen molar-refractivity contribution in [2.75, 3.05) is 19.8 Å². The molecule has 1 fully saturated rings. The largest absolute Gasteiger partial charge is 0.451 e. The van der Waals surface area contributed by atoms with Crippen LogP contribution in [0.4, 0.5) is 0 Å². The molecule has 1 atom stereocenters. The third-order valence-corrected chi connectivity index (χ3v) is 5.16. The number of hydrogen-bond donors (Lipinski definition) is 0. The summed E-state index contributed by atoms with van der Waals surface area (Å²) in [7, 11) is 0. The lowest BCUT2D eigenvalue weighted by molar-refractivity contribution is 0.0696. The van der Waals surface area contributed by atoms with Crippen molar-refractivity contribution in [3.8, 4) is 0 Å². The van der Waals surface area contributed by atoms with Gasteiger partial charge in [-0.05, 0) is 18.6 Å². The lowest BCUT2D eigenvalue weighted by Gasteiger charge is -2.24. The van der Waals surface area contributed by atoms with Gasteiger partial charge in [0.05, 0.1) is 24.5 Å². The molecule has 2 aliphatic rings. The second kappa shape index (κ2) is 6.35. The molecule has 0 radical (unpaired) electrons. The minimum Gasteiger partial charge on any atom is -0.451 e. The smallest absolute Gasteiger partial charge is 0.290 e. The Balaban J connectivity index is 1.41. The molecule has 7 nitrogen and oxygen atoms in total. The van der Waals surface area contributed by atoms with Crippen LogP contribution in [0.3, 0.4) is 0 Å². The summed E-state index contributed by atoms with van der Waals surface area (Å²) in [6.45, 7) is 2.20. The third-order valence-electron chi connectivity index (χ3n) is 5.16. The van der Waals surface area contributed by atoms with E-state index in [1.807, 2.05) is 0 Å². The van der Waals surface area contributed by atoms with Gasteiger partial charge >= 0.3 is 0 Å². The minimum absolute atomic E-state index is 0.0510. The van der Waals surface area contributed by atoms with Gasteiger partial charge in [-0.15, -0.1) is 0 Å². The van der Waals surface area contributed by atoms with Gasteiger partial charge in [-0.1, -0.05) is 12.1 Å². The molecule has 1 amide bonds. The van der Waals surface area contributed by atoms with E-state index in [1.165, 1.54) is 6.07 Å². The Bertz CT molecular complexity index is 1080. The summed E-state index contributed by atoms with van der Waals surface area (Å²) in [5.41, 5.74) is 0.971. The Morgan fingerprint density at radius 2 is 2.11 bits per heavy atom. The molecule has 27 heavy (non-hydrogen) atoms. The average Bonchev–Trinajstić information content (AvgIpc) is 3.36. The highest BCUT2D eigenvalue weighted by molar-refractivity contribution is 5.93. The van der Waals surface area contributed by atoms with Crippen molar-refractivity contribution in [3.05, 3.63) is 63.7 Å². The highest BCUT2D eigenvalue weighted by Crippen LogP contribution is 2.29. The van der Waals surface area contributed by atoms with Crippen LogP contribution in [0.15, 0.2) is 44.0 Å². The Labute approximate surface area is 154 Å². The molecule has 4 heterocycles. The number of ether oxygens (including phenoxy) is 1. The summed E-state index contributed by atoms with van der Waals surface area (Å²) in [4.78, 5) is 31.4. The second-order valence-electron chi connectivity index (χ2n) is 6.93. The first-order chi connectivity index (χ1) is 13.2. The Morgan fingerprint density at radius 1 is 1.22 bits per heavy atom. The van der Waals surface area contributed by atoms with E-state index in [-0.39, 0.29) is 23.0 Å². The van der Waals surface area contributed by atoms with Gasteiger partial charge < -0.3 is 18.5 Å². The number of fused-ring (bicyclic) bond motifs is 2. The molecule has 0 spiro atoms. The normalized spacial score (nSPS) is 19.4. The zero-order valence-corrected chi connectivity index (χ0v) is 14.6. The third kappa shape index (κ3) is 2.84. The van der Waals surface area contributed by atoms with Crippen LogP contribution in [-0.4, -0.2) is 35.5 Å². The number of hydrogen-bond acceptors (Lipinski definition) is 6. The van der Waals surface area contributed by atoms with Gasteiger partial charge in [0.2, 0.25) is 0 Å². The molecule has 0 bridgehead atoms. The van der Waals surface area contributed by atoms with E-state index < -0.39 is 0 Å². The highest BCUT2D eigenvalue weighted by atomic mass is 16.5. The molecule has 2 aliphatic heterocycles. The van der Waals surface area contributed by atoms with Crippen molar-refractivity contribution in [1.29, 1.82) is 0 Å². The van der Waals surface area contributed by atoms with E-state index in [9.17, 15) is 9.59 Å². The van der Waals surface area contributed by atoms with Gasteiger partial charge in [-0.2, -0.15) is 0 Å². The molecule has 0 N–H and O–H groups in total. The number of rotatable bonds is 2. The SMILES string of the molecule is O=C(c1cc(=O)c2ccccc2o1)N1CCc2oc(C3CCOC3)nc2C1. The van der Waals surface area contributed by atoms with Crippen LogP contribution in [-0.2, 0) is 17.7 Å². The molecule has 0 aliphatic carbocycles. The van der Waals surface area contributed by atoms with Crippen LogP contribution in [0.25, 0.3) is 11.0 Å². The first-order valence-electron chi connectivity index (χ1n) is 9.07. The summed E-state index contributed by atoms with van der Waals surface area (Å²) in [5, 5.41) is 0.468. The topological polar surface area (TPSA) is 85.8 Å². The van der Waals surface area contributed by atoms with Crippen molar-refractivity contribution in [2.45, 2.75) is 25.3 Å². The first-order valence-corrected chi connectivity index (χ1v) is 9.07. The molecule has 2 aromatic heterocycles. The van der Waals surface area contributed by atoms with Crippen molar-refractivity contribution >= 4 is 16.9 Å². The van der Waals surface area contributed by atoms with Crippen LogP contribution in [0.2, 0.25) is 0 Å². The number of carbonyl (C=O) groups is 1. The van der Waals surface area contributed by atoms with Gasteiger partial charge in [0.25, 0.3) is 5.91 Å². The van der Waals surface area contributed by atoms with E-state index in [0.717, 1.165) is 24.5 Å². The number of benzene rings is 1. The number of nitrogens with zero attached hydrogens (tertiary/aromatic N) is 2. The van der Waals surface area contributed by atoms with Crippen molar-refractivity contribution < 1.29 is 18.4 Å². The molecular weight excluding hydrogens is 348 g/mol. The molecule has 138 valence electrons. The monoisotopic (exact) mass is 366 g/mol. The number of aromatic nitrogens is 1. The van der Waals surface area contributed by atoms with Crippen molar-refractivity contribution in [1.82, 2.24) is 9.88 Å². The standard InChI is InChI=1S/C20H18N2O5/c23-15-9-18(26-16-4-2-1-3-13(15)16)20(24)22-7-5-17-14(10-22)21-19(27-17)12-6-8-25-11-12/h1-4,9,12H,5-8,10-11H2. The Hall–Kier alpha value is -2.93. The van der Waals surface area contributed by atoms with Gasteiger partial charge in [-0.25, -0.2) is 4.98 Å². The molecule has 0 saturated carbocycles. The number of carbonyl (C=O) groups excluding carboxylic acids is 1. The molecule has 1 unspecified atom stereocenters. The quantitative estimate of drug-likeness (QED) is 0.693. The van der Waals surface area contributed by atoms with Crippen LogP contribution < -0.4 is 5.43 Å². The van der Waals surface area contributed by atoms with Crippen LogP contribution in [0, 0.1) is 0 Å². The van der Waals surface area contributed by atoms with Crippen LogP contribution in [0.5, 0.6) is 0 Å². The van der Waals surface area contributed by atoms with Gasteiger partial charge in [0.1, 0.15) is 17.0 Å². The van der Waals surface area contributed by atoms with Gasteiger partial charge in [0, 0.05) is 25.6 Å². The Kier molecular flexibility index (Phi) is 3.82. The molecule has 5 rings (SSSR count). The lowest BCUT2D eigenvalue weighted by atomic mass is 10.1. The fourth-order valence-electron chi connectivity index (χ4n) is 3.66. The first kappa shape index (κ1) is 16.3. The molecular formula is C20H18N2O5. The van der Waals surface area contributed by atoms with Crippen molar-refractivity contribution in [3.63, 3.8) is 0 Å². The number of para-hydroxylation sites is 1. The van der Waals surface area contributed by atoms with E-state index >= 15 is 0 Å². The predicted molar refractivity (Wildman–Crippen MR) is 95.6 cm³/mol. The van der Waals surface area contributed by atoms with E-state index in [4.69, 9.17) is 13.6 Å². The minimum atomic E-state index is -0.308. The zero-order chi connectivity index (χ0) is 18.4. The highest BCUT2D eigenvalue weighted by Gasteiger charge is 2.30. The summed E-state index contributed by atoms with van der Waals surface area (Å²) < 4.78 is 17.0. The maximum absolute atomic E-state index is 12.9. The maximum Gasteiger partial charge on any atom is 0.290 e. The number of oxazole rings is 1. The average molecular weight is 366 g/mol. The fraction of sp³-hybridized carbons (Fsp3) is 0.350. The summed E-state index contributed by atoms with van der Waals surface area (Å²) in [6.07, 6.45) is 1.50. The predicted octanol–water partition coefficient (Wildman–Crippen LogP) is 2.48. The van der Waals surface area contributed by atoms with E-state index in [2.05, 4.69) is 4.98 Å². The van der Waals surface area contributed by atoms with Crippen LogP contribution in [0.1, 0.15) is 40.2 Å². The zero-order valence-electron chi connectivity index (χ0n) is 14.6. The Morgan fingerprint density at radius 3 is 2.96 bits per heavy atom. The lowest BCUT2D eigenvalue weighted by Crippen LogP contribution is -2.36. The molecule has 7 heteroatoms. The van der Waals surface area contributed by atoms with Gasteiger partial charge in [0.15, 0.2) is 17.1 Å². The second-order valence-corrected chi connectivity index (χ2v) is 6.93.